The lowest BCUT2D eigenvalue weighted by Crippen LogP contribution is -2.03. The Morgan fingerprint density at radius 2 is 1.11 bits per heavy atom. The van der Waals surface area contributed by atoms with Crippen LogP contribution in [0.5, 0.6) is 17.2 Å². The first-order valence-electron chi connectivity index (χ1n) is 10.5. The van der Waals surface area contributed by atoms with Crippen LogP contribution in [0.1, 0.15) is 45.3 Å². The summed E-state index contributed by atoms with van der Waals surface area (Å²) in [5, 5.41) is 17.3. The Morgan fingerprint density at radius 3 is 1.42 bits per heavy atom. The Balaban J connectivity index is 0.000000271. The summed E-state index contributed by atoms with van der Waals surface area (Å²) in [4.78, 5) is 43.2. The summed E-state index contributed by atoms with van der Waals surface area (Å²) in [7, 11) is 2.59. The molecular weight excluding hydrogens is 474 g/mol. The lowest BCUT2D eigenvalue weighted by atomic mass is 10.3. The summed E-state index contributed by atoms with van der Waals surface area (Å²) in [6, 6.07) is 9.01. The van der Waals surface area contributed by atoms with Gasteiger partial charge in [-0.25, -0.2) is 29.3 Å². The molecule has 0 radical (unpaired) electrons. The molecule has 0 aliphatic carbocycles. The summed E-state index contributed by atoms with van der Waals surface area (Å²) < 4.78 is 19.1. The number of carboxylic acids is 1. The highest BCUT2D eigenvalue weighted by atomic mass is 16.5. The zero-order valence-corrected chi connectivity index (χ0v) is 20.2. The molecule has 0 spiro atoms. The van der Waals surface area contributed by atoms with Crippen molar-refractivity contribution in [1.29, 1.82) is 0 Å². The molecule has 0 bridgehead atoms. The molecule has 0 amide bonds. The van der Waals surface area contributed by atoms with Crippen molar-refractivity contribution in [2.45, 2.75) is 13.8 Å². The van der Waals surface area contributed by atoms with Crippen molar-refractivity contribution in [3.63, 3.8) is 0 Å². The fourth-order valence-electron chi connectivity index (χ4n) is 2.23. The Labute approximate surface area is 207 Å². The maximum atomic E-state index is 11.0. The number of aromatic hydroxyl groups is 1. The van der Waals surface area contributed by atoms with E-state index in [1.165, 1.54) is 51.0 Å². The van der Waals surface area contributed by atoms with Gasteiger partial charge in [0.15, 0.2) is 0 Å². The van der Waals surface area contributed by atoms with Gasteiger partial charge in [-0.2, -0.15) is 0 Å². The molecule has 0 aliphatic rings. The second-order valence-electron chi connectivity index (χ2n) is 6.31. The molecule has 3 aromatic heterocycles. The number of carbonyl (C=O) groups is 3. The number of carbonyl (C=O) groups excluding carboxylic acids is 2. The molecule has 0 aliphatic heterocycles. The van der Waals surface area contributed by atoms with E-state index >= 15 is 0 Å². The number of hydrogen-bond acceptors (Lipinski definition) is 11. The third-order valence-corrected chi connectivity index (χ3v) is 3.85. The van der Waals surface area contributed by atoms with E-state index in [-0.39, 0.29) is 22.8 Å². The number of ether oxygens (including phenoxy) is 4. The Hall–Kier alpha value is -4.74. The minimum absolute atomic E-state index is 0.0256. The van der Waals surface area contributed by atoms with Crippen LogP contribution < -0.4 is 9.47 Å². The normalized spacial score (nSPS) is 9.33. The van der Waals surface area contributed by atoms with Crippen molar-refractivity contribution in [2.24, 2.45) is 0 Å². The minimum Gasteiger partial charge on any atom is -0.506 e. The van der Waals surface area contributed by atoms with Gasteiger partial charge in [0.05, 0.1) is 46.0 Å². The number of esters is 2. The van der Waals surface area contributed by atoms with Crippen LogP contribution in [-0.4, -0.2) is 70.5 Å². The maximum Gasteiger partial charge on any atom is 0.356 e. The SMILES string of the molecule is CCOc1ccc(C(=O)O)nc1.CCOc1ccc(C(=O)OC)nc1.COC(=O)c1ccc(O)cn1. The molecule has 3 heterocycles. The molecule has 0 unspecified atom stereocenters. The second kappa shape index (κ2) is 16.0. The van der Waals surface area contributed by atoms with Crippen LogP contribution in [0.3, 0.4) is 0 Å². The Bertz CT molecular complexity index is 1090. The molecule has 0 aromatic carbocycles. The number of nitrogens with zero attached hydrogens (tertiary/aromatic N) is 3. The first-order chi connectivity index (χ1) is 17.2. The van der Waals surface area contributed by atoms with E-state index in [4.69, 9.17) is 19.7 Å². The van der Waals surface area contributed by atoms with Crippen LogP contribution >= 0.6 is 0 Å². The van der Waals surface area contributed by atoms with Gasteiger partial charge in [-0.15, -0.1) is 0 Å². The number of aromatic nitrogens is 3. The van der Waals surface area contributed by atoms with Crippen molar-refractivity contribution in [1.82, 2.24) is 15.0 Å². The summed E-state index contributed by atoms with van der Waals surface area (Å²) >= 11 is 0. The minimum atomic E-state index is -1.03. The molecule has 12 heteroatoms. The lowest BCUT2D eigenvalue weighted by molar-refractivity contribution is 0.0585. The fraction of sp³-hybridized carbons (Fsp3) is 0.250. The molecule has 0 fully saturated rings. The van der Waals surface area contributed by atoms with Crippen LogP contribution in [0, 0.1) is 0 Å². The van der Waals surface area contributed by atoms with Crippen molar-refractivity contribution in [2.75, 3.05) is 27.4 Å². The fourth-order valence-corrected chi connectivity index (χ4v) is 2.23. The number of carboxylic acid groups (broad SMARTS) is 1. The van der Waals surface area contributed by atoms with E-state index < -0.39 is 17.9 Å². The van der Waals surface area contributed by atoms with E-state index in [9.17, 15) is 14.4 Å². The van der Waals surface area contributed by atoms with Crippen molar-refractivity contribution in [3.05, 3.63) is 72.1 Å². The van der Waals surface area contributed by atoms with Crippen LogP contribution in [0.25, 0.3) is 0 Å². The van der Waals surface area contributed by atoms with Gasteiger partial charge in [0.1, 0.15) is 34.3 Å². The molecule has 192 valence electrons. The molecular formula is C24H27N3O9. The van der Waals surface area contributed by atoms with Gasteiger partial charge in [-0.05, 0) is 50.2 Å². The summed E-state index contributed by atoms with van der Waals surface area (Å²) in [6.45, 7) is 4.87. The third-order valence-electron chi connectivity index (χ3n) is 3.85. The van der Waals surface area contributed by atoms with Gasteiger partial charge in [0.2, 0.25) is 0 Å². The van der Waals surface area contributed by atoms with Gasteiger partial charge in [0.25, 0.3) is 0 Å². The first kappa shape index (κ1) is 29.3. The van der Waals surface area contributed by atoms with Gasteiger partial charge in [-0.1, -0.05) is 0 Å². The number of pyridine rings is 3. The summed E-state index contributed by atoms with van der Waals surface area (Å²) in [5.74, 6) is -0.721. The smallest absolute Gasteiger partial charge is 0.356 e. The highest BCUT2D eigenvalue weighted by Crippen LogP contribution is 2.10. The van der Waals surface area contributed by atoms with E-state index in [0.29, 0.717) is 24.7 Å². The van der Waals surface area contributed by atoms with Crippen LogP contribution in [-0.2, 0) is 9.47 Å². The van der Waals surface area contributed by atoms with Crippen LogP contribution in [0.15, 0.2) is 55.0 Å². The predicted molar refractivity (Wildman–Crippen MR) is 126 cm³/mol. The largest absolute Gasteiger partial charge is 0.506 e. The van der Waals surface area contributed by atoms with Gasteiger partial charge in [0, 0.05) is 0 Å². The van der Waals surface area contributed by atoms with Crippen molar-refractivity contribution < 1.29 is 43.5 Å². The molecule has 2 N–H and O–H groups in total. The van der Waals surface area contributed by atoms with E-state index in [0.717, 1.165) is 0 Å². The molecule has 3 aromatic rings. The van der Waals surface area contributed by atoms with Gasteiger partial charge < -0.3 is 29.2 Å². The number of rotatable bonds is 7. The molecule has 3 rings (SSSR count). The Kier molecular flexibility index (Phi) is 13.0. The standard InChI is InChI=1S/C9H11NO3.C8H9NO3.C7H7NO3/c1-3-13-7-4-5-8(10-6-7)9(11)12-2;1-2-12-6-3-4-7(8(10)11)9-5-6;1-11-7(10)6-3-2-5(9)4-8-6/h4-6H,3H2,1-2H3;3-5H,2H2,1H3,(H,10,11);2-4,9H,1H3. The second-order valence-corrected chi connectivity index (χ2v) is 6.31. The first-order valence-corrected chi connectivity index (χ1v) is 10.5. The lowest BCUT2D eigenvalue weighted by Gasteiger charge is -2.02. The molecule has 0 atom stereocenters. The van der Waals surface area contributed by atoms with E-state index in [2.05, 4.69) is 24.4 Å². The quantitative estimate of drug-likeness (QED) is 0.455. The van der Waals surface area contributed by atoms with Crippen molar-refractivity contribution >= 4 is 17.9 Å². The number of hydrogen-bond donors (Lipinski definition) is 2. The van der Waals surface area contributed by atoms with Gasteiger partial charge >= 0.3 is 17.9 Å². The summed E-state index contributed by atoms with van der Waals surface area (Å²) in [6.07, 6.45) is 4.08. The molecule has 36 heavy (non-hydrogen) atoms. The molecule has 0 saturated heterocycles. The van der Waals surface area contributed by atoms with Crippen LogP contribution in [0.2, 0.25) is 0 Å². The molecule has 0 saturated carbocycles. The van der Waals surface area contributed by atoms with E-state index in [1.807, 2.05) is 13.8 Å². The Morgan fingerprint density at radius 1 is 0.694 bits per heavy atom. The number of aromatic carboxylic acids is 1. The maximum absolute atomic E-state index is 11.0. The number of methoxy groups -OCH3 is 2. The van der Waals surface area contributed by atoms with Crippen LogP contribution in [0.4, 0.5) is 0 Å². The predicted octanol–water partition coefficient (Wildman–Crippen LogP) is 3.02. The highest BCUT2D eigenvalue weighted by Gasteiger charge is 2.06. The highest BCUT2D eigenvalue weighted by molar-refractivity contribution is 5.87. The monoisotopic (exact) mass is 501 g/mol. The topological polar surface area (TPSA) is 167 Å². The van der Waals surface area contributed by atoms with E-state index in [1.54, 1.807) is 18.2 Å². The van der Waals surface area contributed by atoms with Crippen molar-refractivity contribution in [3.8, 4) is 17.2 Å². The summed E-state index contributed by atoms with van der Waals surface area (Å²) in [5.41, 5.74) is 0.495. The molecule has 12 nitrogen and oxygen atoms in total. The average Bonchev–Trinajstić information content (AvgIpc) is 2.90. The van der Waals surface area contributed by atoms with Gasteiger partial charge in [-0.3, -0.25) is 0 Å². The average molecular weight is 501 g/mol. The zero-order chi connectivity index (χ0) is 26.9. The zero-order valence-electron chi connectivity index (χ0n) is 20.2. The third kappa shape index (κ3) is 10.5.